The Labute approximate surface area is 195 Å². The quantitative estimate of drug-likeness (QED) is 0.602. The smallest absolute Gasteiger partial charge is 0.212 e. The average Bonchev–Trinajstić information content (AvgIpc) is 3.43. The largest absolute Gasteiger partial charge is 0.382 e. The zero-order valence-corrected chi connectivity index (χ0v) is 19.1. The van der Waals surface area contributed by atoms with E-state index in [1.54, 1.807) is 12.5 Å². The van der Waals surface area contributed by atoms with Crippen molar-refractivity contribution in [2.75, 3.05) is 23.7 Å². The first kappa shape index (κ1) is 20.1. The fraction of sp³-hybridized carbons (Fsp3) is 0.391. The summed E-state index contributed by atoms with van der Waals surface area (Å²) < 4.78 is 1.98. The van der Waals surface area contributed by atoms with Crippen LogP contribution in [0.5, 0.6) is 0 Å². The first-order chi connectivity index (χ1) is 15.6. The van der Waals surface area contributed by atoms with Gasteiger partial charge in [-0.05, 0) is 49.0 Å². The van der Waals surface area contributed by atoms with Crippen LogP contribution in [0, 0.1) is 17.3 Å². The highest BCUT2D eigenvalue weighted by Crippen LogP contribution is 2.53. The predicted molar refractivity (Wildman–Crippen MR) is 127 cm³/mol. The summed E-state index contributed by atoms with van der Waals surface area (Å²) in [5, 5.41) is 8.98. The second-order valence-electron chi connectivity index (χ2n) is 9.05. The van der Waals surface area contributed by atoms with Crippen LogP contribution in [0.3, 0.4) is 0 Å². The minimum absolute atomic E-state index is 0.318. The van der Waals surface area contributed by atoms with Gasteiger partial charge in [0.2, 0.25) is 5.95 Å². The lowest BCUT2D eigenvalue weighted by molar-refractivity contribution is 0.217. The van der Waals surface area contributed by atoms with Gasteiger partial charge in [-0.15, -0.1) is 10.2 Å². The highest BCUT2D eigenvalue weighted by molar-refractivity contribution is 7.99. The molecule has 3 aromatic heterocycles. The van der Waals surface area contributed by atoms with Gasteiger partial charge in [0.05, 0.1) is 9.92 Å². The Balaban J connectivity index is 1.23. The molecule has 0 amide bonds. The lowest BCUT2D eigenvalue weighted by atomic mass is 9.76. The molecule has 2 atom stereocenters. The van der Waals surface area contributed by atoms with E-state index in [0.717, 1.165) is 46.3 Å². The Morgan fingerprint density at radius 2 is 1.81 bits per heavy atom. The van der Waals surface area contributed by atoms with E-state index in [-0.39, 0.29) is 0 Å². The number of piperidine rings is 1. The van der Waals surface area contributed by atoms with E-state index in [1.807, 2.05) is 16.7 Å². The van der Waals surface area contributed by atoms with Gasteiger partial charge in [0.1, 0.15) is 12.1 Å². The molecule has 4 heterocycles. The van der Waals surface area contributed by atoms with Crippen LogP contribution in [-0.2, 0) is 0 Å². The minimum atomic E-state index is 0.318. The molecule has 1 saturated heterocycles. The SMILES string of the molecule is Nc1nccc(Sc2cnc(N3CCC4(CC3)CC3C=CC=CC3C4)n3cnnc23)c1Cl. The van der Waals surface area contributed by atoms with E-state index in [1.165, 1.54) is 37.4 Å². The molecule has 2 N–H and O–H groups in total. The number of hydrogen-bond donors (Lipinski definition) is 1. The lowest BCUT2D eigenvalue weighted by Crippen LogP contribution is -2.40. The van der Waals surface area contributed by atoms with Crippen molar-refractivity contribution in [2.24, 2.45) is 17.3 Å². The third-order valence-electron chi connectivity index (χ3n) is 7.20. The molecule has 2 fully saturated rings. The van der Waals surface area contributed by atoms with E-state index in [9.17, 15) is 0 Å². The molecular weight excluding hydrogens is 442 g/mol. The van der Waals surface area contributed by atoms with Crippen molar-refractivity contribution in [1.82, 2.24) is 24.6 Å². The van der Waals surface area contributed by atoms with Crippen LogP contribution >= 0.6 is 23.4 Å². The Kier molecular flexibility index (Phi) is 4.87. The molecule has 164 valence electrons. The molecule has 0 radical (unpaired) electrons. The van der Waals surface area contributed by atoms with E-state index in [0.29, 0.717) is 16.3 Å². The van der Waals surface area contributed by atoms with E-state index >= 15 is 0 Å². The van der Waals surface area contributed by atoms with Crippen molar-refractivity contribution in [3.05, 3.63) is 54.1 Å². The topological polar surface area (TPSA) is 85.2 Å². The maximum Gasteiger partial charge on any atom is 0.212 e. The molecule has 2 aliphatic carbocycles. The number of aromatic nitrogens is 5. The number of rotatable bonds is 3. The normalized spacial score (nSPS) is 23.8. The maximum absolute atomic E-state index is 6.34. The highest BCUT2D eigenvalue weighted by atomic mass is 35.5. The van der Waals surface area contributed by atoms with Crippen LogP contribution in [0.15, 0.2) is 58.9 Å². The second kappa shape index (κ2) is 7.78. The number of pyridine rings is 1. The summed E-state index contributed by atoms with van der Waals surface area (Å²) in [4.78, 5) is 12.9. The predicted octanol–water partition coefficient (Wildman–Crippen LogP) is 4.64. The maximum atomic E-state index is 6.34. The van der Waals surface area contributed by atoms with Crippen LogP contribution in [-0.4, -0.2) is 37.7 Å². The van der Waals surface area contributed by atoms with Gasteiger partial charge in [-0.25, -0.2) is 14.4 Å². The number of allylic oxidation sites excluding steroid dienone is 4. The number of nitrogens with two attached hydrogens (primary N) is 1. The summed E-state index contributed by atoms with van der Waals surface area (Å²) in [6.45, 7) is 2.01. The van der Waals surface area contributed by atoms with Gasteiger partial charge in [0.25, 0.3) is 0 Å². The van der Waals surface area contributed by atoms with Gasteiger partial charge >= 0.3 is 0 Å². The molecule has 32 heavy (non-hydrogen) atoms. The molecule has 6 rings (SSSR count). The minimum Gasteiger partial charge on any atom is -0.382 e. The standard InChI is InChI=1S/C23H24ClN7S/c24-19-17(5-8-26-20(19)25)32-18-13-27-22(31-14-28-29-21(18)31)30-9-6-23(7-10-30)11-15-3-1-2-4-16(15)12-23/h1-5,8,13-16H,6-7,9-12H2,(H2,25,26). The van der Waals surface area contributed by atoms with Gasteiger partial charge in [-0.3, -0.25) is 0 Å². The van der Waals surface area contributed by atoms with Crippen LogP contribution in [0.1, 0.15) is 25.7 Å². The zero-order chi connectivity index (χ0) is 21.7. The fourth-order valence-electron chi connectivity index (χ4n) is 5.54. The molecule has 1 aliphatic heterocycles. The summed E-state index contributed by atoms with van der Waals surface area (Å²) in [5.74, 6) is 2.66. The fourth-order valence-corrected chi connectivity index (χ4v) is 6.66. The van der Waals surface area contributed by atoms with E-state index in [4.69, 9.17) is 22.3 Å². The van der Waals surface area contributed by atoms with Crippen molar-refractivity contribution < 1.29 is 0 Å². The summed E-state index contributed by atoms with van der Waals surface area (Å²) in [6, 6.07) is 1.85. The van der Waals surface area contributed by atoms with E-state index in [2.05, 4.69) is 44.4 Å². The Morgan fingerprint density at radius 1 is 1.06 bits per heavy atom. The number of hydrogen-bond acceptors (Lipinski definition) is 7. The van der Waals surface area contributed by atoms with Crippen LogP contribution in [0.25, 0.3) is 5.65 Å². The highest BCUT2D eigenvalue weighted by Gasteiger charge is 2.45. The van der Waals surface area contributed by atoms with Gasteiger partial charge in [-0.1, -0.05) is 47.7 Å². The molecular formula is C23H24ClN7S. The summed E-state index contributed by atoms with van der Waals surface area (Å²) in [6.07, 6.45) is 19.5. The Bertz CT molecular complexity index is 1210. The summed E-state index contributed by atoms with van der Waals surface area (Å²) in [5.41, 5.74) is 7.09. The summed E-state index contributed by atoms with van der Waals surface area (Å²) >= 11 is 7.81. The van der Waals surface area contributed by atoms with Crippen molar-refractivity contribution in [3.8, 4) is 0 Å². The molecule has 3 aromatic rings. The van der Waals surface area contributed by atoms with Crippen LogP contribution < -0.4 is 10.6 Å². The molecule has 7 nitrogen and oxygen atoms in total. The first-order valence-electron chi connectivity index (χ1n) is 11.0. The third-order valence-corrected chi connectivity index (χ3v) is 8.78. The van der Waals surface area contributed by atoms with Crippen LogP contribution in [0.4, 0.5) is 11.8 Å². The van der Waals surface area contributed by atoms with Crippen molar-refractivity contribution in [3.63, 3.8) is 0 Å². The number of fused-ring (bicyclic) bond motifs is 2. The second-order valence-corrected chi connectivity index (χ2v) is 10.5. The molecule has 3 aliphatic rings. The van der Waals surface area contributed by atoms with Gasteiger partial charge < -0.3 is 10.6 Å². The molecule has 0 bridgehead atoms. The molecule has 0 aromatic carbocycles. The van der Waals surface area contributed by atoms with Crippen molar-refractivity contribution >= 4 is 40.8 Å². The van der Waals surface area contributed by atoms with Gasteiger partial charge in [0.15, 0.2) is 5.65 Å². The Hall–Kier alpha value is -2.58. The lowest BCUT2D eigenvalue weighted by Gasteiger charge is -2.40. The van der Waals surface area contributed by atoms with Crippen LogP contribution in [0.2, 0.25) is 5.02 Å². The molecule has 9 heteroatoms. The molecule has 2 unspecified atom stereocenters. The first-order valence-corrected chi connectivity index (χ1v) is 12.2. The van der Waals surface area contributed by atoms with Crippen molar-refractivity contribution in [2.45, 2.75) is 35.5 Å². The van der Waals surface area contributed by atoms with Gasteiger partial charge in [-0.2, -0.15) is 0 Å². The number of halogens is 1. The third kappa shape index (κ3) is 3.36. The Morgan fingerprint density at radius 3 is 2.56 bits per heavy atom. The molecule has 1 saturated carbocycles. The average molecular weight is 466 g/mol. The zero-order valence-electron chi connectivity index (χ0n) is 17.6. The monoisotopic (exact) mass is 465 g/mol. The number of nitrogen functional groups attached to an aromatic ring is 1. The number of anilines is 2. The summed E-state index contributed by atoms with van der Waals surface area (Å²) in [7, 11) is 0. The van der Waals surface area contributed by atoms with Crippen molar-refractivity contribution in [1.29, 1.82) is 0 Å². The van der Waals surface area contributed by atoms with E-state index < -0.39 is 0 Å². The number of nitrogens with zero attached hydrogens (tertiary/aromatic N) is 6. The molecule has 1 spiro atoms. The van der Waals surface area contributed by atoms with Gasteiger partial charge in [0, 0.05) is 30.4 Å².